The lowest BCUT2D eigenvalue weighted by Gasteiger charge is -2.26. The summed E-state index contributed by atoms with van der Waals surface area (Å²) < 4.78 is 2.08. The van der Waals surface area contributed by atoms with E-state index in [1.807, 2.05) is 18.3 Å². The van der Waals surface area contributed by atoms with Gasteiger partial charge in [0.15, 0.2) is 5.65 Å². The monoisotopic (exact) mass is 473 g/mol. The SMILES string of the molecule is CC(C)c1ccc(-c2nc3c(C(=O)NC4CCC(N)CC4)cccn3c2NC2CCCCC2)cc1. The summed E-state index contributed by atoms with van der Waals surface area (Å²) in [6, 6.07) is 13.4. The van der Waals surface area contributed by atoms with Gasteiger partial charge in [0.05, 0.1) is 5.56 Å². The molecule has 0 saturated heterocycles. The second kappa shape index (κ2) is 10.4. The van der Waals surface area contributed by atoms with Crippen LogP contribution in [-0.2, 0) is 0 Å². The molecule has 3 aromatic rings. The number of aromatic nitrogens is 2. The van der Waals surface area contributed by atoms with Crippen molar-refractivity contribution in [1.82, 2.24) is 14.7 Å². The number of nitrogens with two attached hydrogens (primary N) is 1. The third kappa shape index (κ3) is 5.22. The van der Waals surface area contributed by atoms with E-state index >= 15 is 0 Å². The van der Waals surface area contributed by atoms with Crippen LogP contribution >= 0.6 is 0 Å². The van der Waals surface area contributed by atoms with Gasteiger partial charge in [-0.2, -0.15) is 0 Å². The predicted octanol–water partition coefficient (Wildman–Crippen LogP) is 5.87. The Morgan fingerprint density at radius 2 is 1.69 bits per heavy atom. The predicted molar refractivity (Wildman–Crippen MR) is 143 cm³/mol. The van der Waals surface area contributed by atoms with Crippen LogP contribution in [0.2, 0.25) is 0 Å². The molecular weight excluding hydrogens is 434 g/mol. The van der Waals surface area contributed by atoms with E-state index in [1.54, 1.807) is 0 Å². The van der Waals surface area contributed by atoms with E-state index < -0.39 is 0 Å². The van der Waals surface area contributed by atoms with E-state index in [0.717, 1.165) is 42.8 Å². The number of hydrogen-bond acceptors (Lipinski definition) is 4. The van der Waals surface area contributed by atoms with E-state index in [-0.39, 0.29) is 18.0 Å². The molecule has 2 heterocycles. The van der Waals surface area contributed by atoms with Gasteiger partial charge in [-0.15, -0.1) is 0 Å². The number of hydrogen-bond donors (Lipinski definition) is 3. The topological polar surface area (TPSA) is 84.5 Å². The van der Waals surface area contributed by atoms with E-state index in [1.165, 1.54) is 37.7 Å². The zero-order valence-corrected chi connectivity index (χ0v) is 21.1. The maximum absolute atomic E-state index is 13.4. The second-order valence-corrected chi connectivity index (χ2v) is 10.8. The summed E-state index contributed by atoms with van der Waals surface area (Å²) in [5.74, 6) is 1.42. The molecular formula is C29H39N5O. The summed E-state index contributed by atoms with van der Waals surface area (Å²) in [5, 5.41) is 7.06. The Kier molecular flexibility index (Phi) is 7.09. The third-order valence-electron chi connectivity index (χ3n) is 7.80. The minimum absolute atomic E-state index is 0.0491. The lowest BCUT2D eigenvalue weighted by atomic mass is 9.91. The van der Waals surface area contributed by atoms with Crippen molar-refractivity contribution in [3.05, 3.63) is 53.7 Å². The standard InChI is InChI=1S/C29H39N5O/c1-19(2)20-10-12-21(13-11-20)26-28(31-23-7-4-3-5-8-23)34-18-6-9-25(27(34)33-26)29(35)32-24-16-14-22(30)15-17-24/h6,9-13,18-19,22-24,31H,3-5,7-8,14-17,30H2,1-2H3,(H,32,35). The smallest absolute Gasteiger partial charge is 0.255 e. The van der Waals surface area contributed by atoms with E-state index in [4.69, 9.17) is 10.7 Å². The molecule has 2 aliphatic rings. The first-order valence-corrected chi connectivity index (χ1v) is 13.4. The largest absolute Gasteiger partial charge is 0.367 e. The van der Waals surface area contributed by atoms with Crippen LogP contribution in [0.5, 0.6) is 0 Å². The molecule has 0 atom stereocenters. The molecule has 2 saturated carbocycles. The molecule has 0 aliphatic heterocycles. The summed E-state index contributed by atoms with van der Waals surface area (Å²) in [6.07, 6.45) is 12.0. The highest BCUT2D eigenvalue weighted by Crippen LogP contribution is 2.33. The number of anilines is 1. The lowest BCUT2D eigenvalue weighted by Crippen LogP contribution is -2.40. The molecule has 0 unspecified atom stereocenters. The molecule has 0 spiro atoms. The molecule has 2 aromatic heterocycles. The minimum Gasteiger partial charge on any atom is -0.367 e. The first kappa shape index (κ1) is 23.9. The van der Waals surface area contributed by atoms with E-state index in [0.29, 0.717) is 23.2 Å². The summed E-state index contributed by atoms with van der Waals surface area (Å²) >= 11 is 0. The Labute approximate surface area is 208 Å². The average molecular weight is 474 g/mol. The van der Waals surface area contributed by atoms with Crippen LogP contribution in [-0.4, -0.2) is 33.4 Å². The van der Waals surface area contributed by atoms with E-state index in [9.17, 15) is 4.79 Å². The fourth-order valence-electron chi connectivity index (χ4n) is 5.58. The molecule has 4 N–H and O–H groups in total. The Bertz CT molecular complexity index is 1150. The molecule has 5 rings (SSSR count). The summed E-state index contributed by atoms with van der Waals surface area (Å²) in [7, 11) is 0. The first-order chi connectivity index (χ1) is 17.0. The lowest BCUT2D eigenvalue weighted by molar-refractivity contribution is 0.0927. The van der Waals surface area contributed by atoms with Crippen molar-refractivity contribution < 1.29 is 4.79 Å². The van der Waals surface area contributed by atoms with Crippen LogP contribution in [0.4, 0.5) is 5.82 Å². The van der Waals surface area contributed by atoms with Gasteiger partial charge >= 0.3 is 0 Å². The van der Waals surface area contributed by atoms with Gasteiger partial charge in [0.25, 0.3) is 5.91 Å². The van der Waals surface area contributed by atoms with E-state index in [2.05, 4.69) is 53.1 Å². The van der Waals surface area contributed by atoms with Crippen molar-refractivity contribution in [2.75, 3.05) is 5.32 Å². The summed E-state index contributed by atoms with van der Waals surface area (Å²) in [6.45, 7) is 4.42. The van der Waals surface area contributed by atoms with Crippen LogP contribution in [0.15, 0.2) is 42.6 Å². The molecule has 0 bridgehead atoms. The van der Waals surface area contributed by atoms with Gasteiger partial charge in [0.2, 0.25) is 0 Å². The Morgan fingerprint density at radius 1 is 0.971 bits per heavy atom. The fourth-order valence-corrected chi connectivity index (χ4v) is 5.58. The molecule has 6 heteroatoms. The van der Waals surface area contributed by atoms with Crippen molar-refractivity contribution in [3.8, 4) is 11.3 Å². The molecule has 1 aromatic carbocycles. The maximum atomic E-state index is 13.4. The van der Waals surface area contributed by atoms with Gasteiger partial charge in [0.1, 0.15) is 11.5 Å². The minimum atomic E-state index is -0.0491. The van der Waals surface area contributed by atoms with Gasteiger partial charge in [-0.05, 0) is 62.1 Å². The Morgan fingerprint density at radius 3 is 2.37 bits per heavy atom. The number of fused-ring (bicyclic) bond motifs is 1. The zero-order chi connectivity index (χ0) is 24.4. The molecule has 2 aliphatic carbocycles. The maximum Gasteiger partial charge on any atom is 0.255 e. The van der Waals surface area contributed by atoms with Gasteiger partial charge in [-0.1, -0.05) is 57.4 Å². The highest BCUT2D eigenvalue weighted by atomic mass is 16.1. The highest BCUT2D eigenvalue weighted by molar-refractivity contribution is 6.01. The van der Waals surface area contributed by atoms with Crippen LogP contribution in [0.25, 0.3) is 16.9 Å². The number of rotatable bonds is 6. The van der Waals surface area contributed by atoms with Crippen molar-refractivity contribution in [2.45, 2.75) is 95.7 Å². The highest BCUT2D eigenvalue weighted by Gasteiger charge is 2.25. The molecule has 186 valence electrons. The van der Waals surface area contributed by atoms with Gasteiger partial charge in [-0.3, -0.25) is 9.20 Å². The van der Waals surface area contributed by atoms with Crippen molar-refractivity contribution in [2.24, 2.45) is 5.73 Å². The third-order valence-corrected chi connectivity index (χ3v) is 7.80. The Hall–Kier alpha value is -2.86. The number of benzene rings is 1. The van der Waals surface area contributed by atoms with Crippen LogP contribution < -0.4 is 16.4 Å². The van der Waals surface area contributed by atoms with Crippen LogP contribution in [0.1, 0.15) is 93.5 Å². The number of amides is 1. The molecule has 1 amide bonds. The normalized spacial score (nSPS) is 21.4. The molecule has 35 heavy (non-hydrogen) atoms. The van der Waals surface area contributed by atoms with Gasteiger partial charge in [0, 0.05) is 29.9 Å². The van der Waals surface area contributed by atoms with Crippen molar-refractivity contribution >= 4 is 17.4 Å². The van der Waals surface area contributed by atoms with Gasteiger partial charge < -0.3 is 16.4 Å². The molecule has 0 radical (unpaired) electrons. The van der Waals surface area contributed by atoms with Crippen LogP contribution in [0, 0.1) is 0 Å². The summed E-state index contributed by atoms with van der Waals surface area (Å²) in [5.41, 5.74) is 10.7. The quantitative estimate of drug-likeness (QED) is 0.418. The van der Waals surface area contributed by atoms with Crippen LogP contribution in [0.3, 0.4) is 0 Å². The fraction of sp³-hybridized carbons (Fsp3) is 0.517. The van der Waals surface area contributed by atoms with Gasteiger partial charge in [-0.25, -0.2) is 4.98 Å². The first-order valence-electron chi connectivity index (χ1n) is 13.4. The summed E-state index contributed by atoms with van der Waals surface area (Å²) in [4.78, 5) is 18.4. The number of imidazole rings is 1. The molecule has 6 nitrogen and oxygen atoms in total. The molecule has 2 fully saturated rings. The average Bonchev–Trinajstić information content (AvgIpc) is 3.24. The number of nitrogens with zero attached hydrogens (tertiary/aromatic N) is 2. The number of carbonyl (C=O) groups excluding carboxylic acids is 1. The number of nitrogens with one attached hydrogen (secondary N) is 2. The Balaban J connectivity index is 1.51. The number of pyridine rings is 1. The zero-order valence-electron chi connectivity index (χ0n) is 21.1. The van der Waals surface area contributed by atoms with Crippen molar-refractivity contribution in [3.63, 3.8) is 0 Å². The second-order valence-electron chi connectivity index (χ2n) is 10.8. The van der Waals surface area contributed by atoms with Crippen molar-refractivity contribution in [1.29, 1.82) is 0 Å². The number of carbonyl (C=O) groups is 1.